The van der Waals surface area contributed by atoms with E-state index in [0.29, 0.717) is 16.3 Å². The van der Waals surface area contributed by atoms with Crippen molar-refractivity contribution in [2.45, 2.75) is 52.9 Å². The summed E-state index contributed by atoms with van der Waals surface area (Å²) in [7, 11) is 0. The first-order chi connectivity index (χ1) is 15.3. The van der Waals surface area contributed by atoms with E-state index in [4.69, 9.17) is 10.00 Å². The third-order valence-electron chi connectivity index (χ3n) is 5.26. The maximum Gasteiger partial charge on any atom is 0.341 e. The molecular formula is C24H27N3O4S. The van der Waals surface area contributed by atoms with Gasteiger partial charge in [-0.05, 0) is 68.4 Å². The maximum atomic E-state index is 13.0. The summed E-state index contributed by atoms with van der Waals surface area (Å²) in [6.07, 6.45) is 3.80. The number of benzene rings is 1. The number of hydrogen-bond donors (Lipinski definition) is 1. The number of ether oxygens (including phenoxy) is 1. The van der Waals surface area contributed by atoms with Crippen LogP contribution in [0.3, 0.4) is 0 Å². The van der Waals surface area contributed by atoms with Gasteiger partial charge in [-0.1, -0.05) is 6.07 Å². The van der Waals surface area contributed by atoms with Gasteiger partial charge in [0.1, 0.15) is 5.00 Å². The smallest absolute Gasteiger partial charge is 0.341 e. The molecule has 0 saturated carbocycles. The first kappa shape index (κ1) is 23.5. The molecule has 0 unspecified atom stereocenters. The molecule has 1 heterocycles. The lowest BCUT2D eigenvalue weighted by Crippen LogP contribution is -2.35. The fraction of sp³-hybridized carbons (Fsp3) is 0.417. The second-order valence-electron chi connectivity index (χ2n) is 7.97. The monoisotopic (exact) mass is 453 g/mol. The van der Waals surface area contributed by atoms with E-state index < -0.39 is 18.5 Å². The summed E-state index contributed by atoms with van der Waals surface area (Å²) in [6, 6.07) is 7.80. The number of rotatable bonds is 7. The highest BCUT2D eigenvalue weighted by molar-refractivity contribution is 7.17. The molecule has 3 rings (SSSR count). The molecule has 32 heavy (non-hydrogen) atoms. The van der Waals surface area contributed by atoms with Crippen LogP contribution in [0.25, 0.3) is 0 Å². The van der Waals surface area contributed by atoms with Crippen LogP contribution in [0.5, 0.6) is 0 Å². The summed E-state index contributed by atoms with van der Waals surface area (Å²) in [4.78, 5) is 40.1. The van der Waals surface area contributed by atoms with Crippen LogP contribution in [0, 0.1) is 25.2 Å². The Labute approximate surface area is 192 Å². The number of hydrogen-bond acceptors (Lipinski definition) is 6. The number of thiophene rings is 1. The second kappa shape index (κ2) is 10.4. The third-order valence-corrected chi connectivity index (χ3v) is 6.47. The Hall–Kier alpha value is -3.18. The largest absolute Gasteiger partial charge is 0.452 e. The molecular weight excluding hydrogens is 426 g/mol. The summed E-state index contributed by atoms with van der Waals surface area (Å²) < 4.78 is 5.42. The number of amides is 2. The number of nitrogens with zero attached hydrogens (tertiary/aromatic N) is 2. The Bertz CT molecular complexity index is 1060. The Morgan fingerprint density at radius 3 is 2.50 bits per heavy atom. The number of carbonyl (C=O) groups is 3. The lowest BCUT2D eigenvalue weighted by atomic mass is 9.95. The van der Waals surface area contributed by atoms with E-state index in [2.05, 4.69) is 11.4 Å². The Kier molecular flexibility index (Phi) is 7.65. The van der Waals surface area contributed by atoms with E-state index in [0.717, 1.165) is 47.3 Å². The van der Waals surface area contributed by atoms with Gasteiger partial charge < -0.3 is 15.0 Å². The van der Waals surface area contributed by atoms with Gasteiger partial charge in [0.25, 0.3) is 5.91 Å². The van der Waals surface area contributed by atoms with Crippen LogP contribution >= 0.6 is 11.3 Å². The van der Waals surface area contributed by atoms with E-state index in [1.807, 2.05) is 32.0 Å². The van der Waals surface area contributed by atoms with Crippen LogP contribution in [-0.4, -0.2) is 30.9 Å². The van der Waals surface area contributed by atoms with Crippen LogP contribution in [0.2, 0.25) is 0 Å². The maximum absolute atomic E-state index is 13.0. The normalized spacial score (nSPS) is 12.4. The van der Waals surface area contributed by atoms with Crippen molar-refractivity contribution in [1.29, 1.82) is 5.26 Å². The minimum atomic E-state index is -0.609. The predicted octanol–water partition coefficient (Wildman–Crippen LogP) is 4.31. The molecule has 2 amide bonds. The SMILES string of the molecule is CC(=O)Nc1sc2c(c1C(=O)OCC(=O)N(CCC#N)c1cc(C)cc(C)c1)CCCC2. The number of aryl methyl sites for hydroxylation is 3. The number of nitriles is 1. The zero-order valence-corrected chi connectivity index (χ0v) is 19.4. The lowest BCUT2D eigenvalue weighted by molar-refractivity contribution is -0.121. The molecule has 7 nitrogen and oxygen atoms in total. The minimum absolute atomic E-state index is 0.164. The van der Waals surface area contributed by atoms with Crippen molar-refractivity contribution < 1.29 is 19.1 Å². The van der Waals surface area contributed by atoms with Crippen molar-refractivity contribution in [3.63, 3.8) is 0 Å². The van der Waals surface area contributed by atoms with Gasteiger partial charge in [-0.2, -0.15) is 5.26 Å². The van der Waals surface area contributed by atoms with Gasteiger partial charge in [-0.3, -0.25) is 9.59 Å². The molecule has 8 heteroatoms. The average molecular weight is 454 g/mol. The van der Waals surface area contributed by atoms with Crippen LogP contribution in [0.15, 0.2) is 18.2 Å². The van der Waals surface area contributed by atoms with Gasteiger partial charge in [0.2, 0.25) is 5.91 Å². The fourth-order valence-electron chi connectivity index (χ4n) is 3.97. The van der Waals surface area contributed by atoms with Crippen LogP contribution in [0.1, 0.15) is 58.1 Å². The zero-order chi connectivity index (χ0) is 23.3. The summed E-state index contributed by atoms with van der Waals surface area (Å²) >= 11 is 1.41. The number of nitrogens with one attached hydrogen (secondary N) is 1. The molecule has 0 aliphatic heterocycles. The molecule has 0 radical (unpaired) electrons. The van der Waals surface area contributed by atoms with E-state index >= 15 is 0 Å². The molecule has 0 saturated heterocycles. The van der Waals surface area contributed by atoms with Crippen molar-refractivity contribution in [3.05, 3.63) is 45.3 Å². The molecule has 1 aliphatic rings. The van der Waals surface area contributed by atoms with Crippen molar-refractivity contribution in [2.24, 2.45) is 0 Å². The number of anilines is 2. The second-order valence-corrected chi connectivity index (χ2v) is 9.08. The fourth-order valence-corrected chi connectivity index (χ4v) is 5.30. The molecule has 0 fully saturated rings. The highest BCUT2D eigenvalue weighted by atomic mass is 32.1. The zero-order valence-electron chi connectivity index (χ0n) is 18.6. The number of fused-ring (bicyclic) bond motifs is 1. The highest BCUT2D eigenvalue weighted by Gasteiger charge is 2.28. The van der Waals surface area contributed by atoms with Gasteiger partial charge >= 0.3 is 5.97 Å². The van der Waals surface area contributed by atoms with Crippen molar-refractivity contribution in [3.8, 4) is 6.07 Å². The predicted molar refractivity (Wildman–Crippen MR) is 124 cm³/mol. The number of esters is 1. The summed E-state index contributed by atoms with van der Waals surface area (Å²) in [5, 5.41) is 12.2. The van der Waals surface area contributed by atoms with Crippen molar-refractivity contribution in [1.82, 2.24) is 0 Å². The molecule has 0 spiro atoms. The molecule has 0 atom stereocenters. The highest BCUT2D eigenvalue weighted by Crippen LogP contribution is 2.38. The molecule has 168 valence electrons. The van der Waals surface area contributed by atoms with Gasteiger partial charge in [0, 0.05) is 24.0 Å². The first-order valence-electron chi connectivity index (χ1n) is 10.6. The Morgan fingerprint density at radius 1 is 1.16 bits per heavy atom. The number of carbonyl (C=O) groups excluding carboxylic acids is 3. The molecule has 1 aromatic carbocycles. The van der Waals surface area contributed by atoms with Gasteiger partial charge in [-0.25, -0.2) is 4.79 Å². The minimum Gasteiger partial charge on any atom is -0.452 e. The van der Waals surface area contributed by atoms with Crippen LogP contribution in [0.4, 0.5) is 10.7 Å². The molecule has 1 aromatic heterocycles. The topological polar surface area (TPSA) is 99.5 Å². The van der Waals surface area contributed by atoms with Crippen LogP contribution < -0.4 is 10.2 Å². The lowest BCUT2D eigenvalue weighted by Gasteiger charge is -2.23. The molecule has 1 aliphatic carbocycles. The quantitative estimate of drug-likeness (QED) is 0.630. The Balaban J connectivity index is 1.79. The molecule has 2 aromatic rings. The molecule has 1 N–H and O–H groups in total. The van der Waals surface area contributed by atoms with E-state index in [9.17, 15) is 14.4 Å². The summed E-state index contributed by atoms with van der Waals surface area (Å²) in [5.74, 6) is -1.27. The average Bonchev–Trinajstić information content (AvgIpc) is 3.08. The standard InChI is InChI=1S/C24H27N3O4S/c1-15-11-16(2)13-18(12-15)27(10-6-9-25)21(29)14-31-24(30)22-19-7-4-5-8-20(19)32-23(22)26-17(3)28/h11-13H,4-8,10,14H2,1-3H3,(H,26,28). The van der Waals surface area contributed by atoms with Gasteiger partial charge in [0.15, 0.2) is 6.61 Å². The van der Waals surface area contributed by atoms with Crippen molar-refractivity contribution in [2.75, 3.05) is 23.4 Å². The van der Waals surface area contributed by atoms with Gasteiger partial charge in [-0.15, -0.1) is 11.3 Å². The van der Waals surface area contributed by atoms with Gasteiger partial charge in [0.05, 0.1) is 18.1 Å². The van der Waals surface area contributed by atoms with Crippen LogP contribution in [-0.2, 0) is 27.2 Å². The summed E-state index contributed by atoms with van der Waals surface area (Å²) in [6.45, 7) is 5.04. The van der Waals surface area contributed by atoms with E-state index in [1.54, 1.807) is 0 Å². The third kappa shape index (κ3) is 5.54. The molecule has 0 bridgehead atoms. The first-order valence-corrected chi connectivity index (χ1v) is 11.5. The van der Waals surface area contributed by atoms with E-state index in [1.165, 1.54) is 23.2 Å². The summed E-state index contributed by atoms with van der Waals surface area (Å²) in [5.41, 5.74) is 3.94. The van der Waals surface area contributed by atoms with Crippen molar-refractivity contribution >= 4 is 39.8 Å². The Morgan fingerprint density at radius 2 is 1.84 bits per heavy atom. The van der Waals surface area contributed by atoms with E-state index in [-0.39, 0.29) is 18.9 Å².